The first-order chi connectivity index (χ1) is 8.06. The van der Waals surface area contributed by atoms with Gasteiger partial charge in [-0.25, -0.2) is 0 Å². The van der Waals surface area contributed by atoms with Crippen molar-refractivity contribution in [3.05, 3.63) is 49.8 Å². The topological polar surface area (TPSA) is 29.5 Å². The number of phenolic OH excluding ortho intramolecular Hbond substituents is 1. The Morgan fingerprint density at radius 2 is 1.47 bits per heavy atom. The number of halogens is 3. The average Bonchev–Trinajstić information content (AvgIpc) is 2.27. The maximum absolute atomic E-state index is 9.67. The minimum absolute atomic E-state index is 0.100. The number of rotatable bonds is 2. The monoisotopic (exact) mass is 420 g/mol. The summed E-state index contributed by atoms with van der Waals surface area (Å²) in [5.41, 5.74) is 0. The summed E-state index contributed by atoms with van der Waals surface area (Å²) >= 11 is 10.1. The van der Waals surface area contributed by atoms with E-state index in [0.29, 0.717) is 11.5 Å². The van der Waals surface area contributed by atoms with Gasteiger partial charge in [0.05, 0.1) is 4.47 Å². The highest BCUT2D eigenvalue weighted by Crippen LogP contribution is 2.37. The molecule has 0 spiro atoms. The van der Waals surface area contributed by atoms with Crippen LogP contribution in [0, 0.1) is 0 Å². The quantitative estimate of drug-likeness (QED) is 0.695. The molecule has 0 fully saturated rings. The number of hydrogen-bond acceptors (Lipinski definition) is 2. The Morgan fingerprint density at radius 1 is 0.824 bits per heavy atom. The zero-order valence-corrected chi connectivity index (χ0v) is 13.2. The van der Waals surface area contributed by atoms with Gasteiger partial charge < -0.3 is 9.84 Å². The zero-order chi connectivity index (χ0) is 12.4. The molecular weight excluding hydrogens is 416 g/mol. The van der Waals surface area contributed by atoms with E-state index in [-0.39, 0.29) is 5.75 Å². The Morgan fingerprint density at radius 3 is 2.18 bits per heavy atom. The second-order valence-corrected chi connectivity index (χ2v) is 5.97. The van der Waals surface area contributed by atoms with E-state index in [9.17, 15) is 5.11 Å². The molecule has 0 aliphatic heterocycles. The molecule has 0 saturated carbocycles. The van der Waals surface area contributed by atoms with E-state index in [1.165, 1.54) is 0 Å². The van der Waals surface area contributed by atoms with Crippen molar-refractivity contribution >= 4 is 47.8 Å². The number of phenols is 1. The summed E-state index contributed by atoms with van der Waals surface area (Å²) < 4.78 is 8.24. The van der Waals surface area contributed by atoms with Crippen LogP contribution >= 0.6 is 47.8 Å². The van der Waals surface area contributed by atoms with Crippen LogP contribution in [0.1, 0.15) is 0 Å². The van der Waals surface area contributed by atoms with Gasteiger partial charge in [-0.3, -0.25) is 0 Å². The van der Waals surface area contributed by atoms with Crippen molar-refractivity contribution in [2.75, 3.05) is 0 Å². The van der Waals surface area contributed by atoms with E-state index in [0.717, 1.165) is 13.4 Å². The predicted molar refractivity (Wildman–Crippen MR) is 77.7 cm³/mol. The molecule has 0 bridgehead atoms. The van der Waals surface area contributed by atoms with Crippen LogP contribution in [-0.2, 0) is 0 Å². The molecule has 1 N–H and O–H groups in total. The molecule has 2 nitrogen and oxygen atoms in total. The standard InChI is InChI=1S/C12H7Br3O2/c13-7-2-4-11(9(15)5-7)17-12-6-8(14)1-3-10(12)16/h1-6,16H. The molecule has 2 aromatic carbocycles. The Hall–Kier alpha value is -0.520. The number of aromatic hydroxyl groups is 1. The third-order valence-electron chi connectivity index (χ3n) is 2.04. The molecule has 2 rings (SSSR count). The first kappa shape index (κ1) is 12.9. The number of ether oxygens (including phenoxy) is 1. The fourth-order valence-electron chi connectivity index (χ4n) is 1.25. The molecule has 0 aliphatic rings. The normalized spacial score (nSPS) is 10.3. The van der Waals surface area contributed by atoms with Gasteiger partial charge in [0.15, 0.2) is 11.5 Å². The lowest BCUT2D eigenvalue weighted by molar-refractivity contribution is 0.409. The lowest BCUT2D eigenvalue weighted by atomic mass is 10.3. The molecule has 2 aromatic rings. The van der Waals surface area contributed by atoms with Gasteiger partial charge in [-0.05, 0) is 52.3 Å². The van der Waals surface area contributed by atoms with Gasteiger partial charge in [0.25, 0.3) is 0 Å². The van der Waals surface area contributed by atoms with Crippen molar-refractivity contribution in [1.82, 2.24) is 0 Å². The molecule has 0 saturated heterocycles. The van der Waals surface area contributed by atoms with Crippen molar-refractivity contribution in [3.63, 3.8) is 0 Å². The number of hydrogen-bond donors (Lipinski definition) is 1. The van der Waals surface area contributed by atoms with Gasteiger partial charge in [0.2, 0.25) is 0 Å². The summed E-state index contributed by atoms with van der Waals surface area (Å²) in [6, 6.07) is 10.6. The smallest absolute Gasteiger partial charge is 0.170 e. The molecule has 0 amide bonds. The molecule has 0 aliphatic carbocycles. The molecular formula is C12H7Br3O2. The van der Waals surface area contributed by atoms with Gasteiger partial charge in [-0.1, -0.05) is 31.9 Å². The van der Waals surface area contributed by atoms with Crippen LogP contribution in [0.3, 0.4) is 0 Å². The molecule has 17 heavy (non-hydrogen) atoms. The first-order valence-electron chi connectivity index (χ1n) is 4.67. The van der Waals surface area contributed by atoms with E-state index < -0.39 is 0 Å². The molecule has 88 valence electrons. The van der Waals surface area contributed by atoms with E-state index in [1.54, 1.807) is 18.2 Å². The van der Waals surface area contributed by atoms with Gasteiger partial charge in [-0.2, -0.15) is 0 Å². The van der Waals surface area contributed by atoms with E-state index in [1.807, 2.05) is 18.2 Å². The van der Waals surface area contributed by atoms with Gasteiger partial charge in [-0.15, -0.1) is 0 Å². The minimum Gasteiger partial charge on any atom is -0.504 e. The van der Waals surface area contributed by atoms with Gasteiger partial charge in [0, 0.05) is 8.95 Å². The molecule has 0 heterocycles. The van der Waals surface area contributed by atoms with E-state index >= 15 is 0 Å². The van der Waals surface area contributed by atoms with Crippen LogP contribution in [-0.4, -0.2) is 5.11 Å². The molecule has 0 unspecified atom stereocenters. The number of benzene rings is 2. The molecule has 0 atom stereocenters. The highest BCUT2D eigenvalue weighted by Gasteiger charge is 2.07. The maximum atomic E-state index is 9.67. The van der Waals surface area contributed by atoms with Crippen LogP contribution < -0.4 is 4.74 Å². The highest BCUT2D eigenvalue weighted by atomic mass is 79.9. The Kier molecular flexibility index (Phi) is 4.12. The highest BCUT2D eigenvalue weighted by molar-refractivity contribution is 9.11. The summed E-state index contributed by atoms with van der Waals surface area (Å²) in [4.78, 5) is 0. The van der Waals surface area contributed by atoms with Crippen molar-refractivity contribution in [2.45, 2.75) is 0 Å². The van der Waals surface area contributed by atoms with Crippen LogP contribution in [0.5, 0.6) is 17.2 Å². The third kappa shape index (κ3) is 3.24. The van der Waals surface area contributed by atoms with Crippen LogP contribution in [0.25, 0.3) is 0 Å². The van der Waals surface area contributed by atoms with Crippen molar-refractivity contribution in [3.8, 4) is 17.2 Å². The summed E-state index contributed by atoms with van der Waals surface area (Å²) in [7, 11) is 0. The SMILES string of the molecule is Oc1ccc(Br)cc1Oc1ccc(Br)cc1Br. The zero-order valence-electron chi connectivity index (χ0n) is 8.45. The molecule has 0 radical (unpaired) electrons. The molecule has 0 aromatic heterocycles. The summed E-state index contributed by atoms with van der Waals surface area (Å²) in [5, 5.41) is 9.67. The third-order valence-corrected chi connectivity index (χ3v) is 3.64. The van der Waals surface area contributed by atoms with E-state index in [2.05, 4.69) is 47.8 Å². The Balaban J connectivity index is 2.34. The van der Waals surface area contributed by atoms with Gasteiger partial charge in [0.1, 0.15) is 5.75 Å². The van der Waals surface area contributed by atoms with Crippen LogP contribution in [0.4, 0.5) is 0 Å². The predicted octanol–water partition coefficient (Wildman–Crippen LogP) is 5.47. The lowest BCUT2D eigenvalue weighted by Crippen LogP contribution is -1.86. The van der Waals surface area contributed by atoms with Crippen molar-refractivity contribution in [2.24, 2.45) is 0 Å². The minimum atomic E-state index is 0.100. The summed E-state index contributed by atoms with van der Waals surface area (Å²) in [5.74, 6) is 1.15. The van der Waals surface area contributed by atoms with Crippen molar-refractivity contribution in [1.29, 1.82) is 0 Å². The fourth-order valence-corrected chi connectivity index (χ4v) is 2.71. The summed E-state index contributed by atoms with van der Waals surface area (Å²) in [6.07, 6.45) is 0. The second-order valence-electron chi connectivity index (χ2n) is 3.29. The van der Waals surface area contributed by atoms with Crippen LogP contribution in [0.15, 0.2) is 49.8 Å². The van der Waals surface area contributed by atoms with Crippen LogP contribution in [0.2, 0.25) is 0 Å². The Labute approximate surface area is 124 Å². The largest absolute Gasteiger partial charge is 0.504 e. The maximum Gasteiger partial charge on any atom is 0.170 e. The summed E-state index contributed by atoms with van der Waals surface area (Å²) in [6.45, 7) is 0. The second kappa shape index (κ2) is 5.42. The van der Waals surface area contributed by atoms with Crippen molar-refractivity contribution < 1.29 is 9.84 Å². The lowest BCUT2D eigenvalue weighted by Gasteiger charge is -2.09. The Bertz CT molecular complexity index is 555. The van der Waals surface area contributed by atoms with Gasteiger partial charge >= 0.3 is 0 Å². The average molecular weight is 423 g/mol. The molecule has 5 heteroatoms. The first-order valence-corrected chi connectivity index (χ1v) is 7.05. The fraction of sp³-hybridized carbons (Fsp3) is 0. The van der Waals surface area contributed by atoms with E-state index in [4.69, 9.17) is 4.74 Å².